The summed E-state index contributed by atoms with van der Waals surface area (Å²) in [5, 5.41) is 8.23. The molecule has 6 nitrogen and oxygen atoms in total. The molecule has 0 aliphatic rings. The van der Waals surface area contributed by atoms with Crippen molar-refractivity contribution >= 4 is 46.9 Å². The molecule has 0 atom stereocenters. The first-order valence-corrected chi connectivity index (χ1v) is 13.5. The van der Waals surface area contributed by atoms with Gasteiger partial charge in [0.05, 0.1) is 5.75 Å². The van der Waals surface area contributed by atoms with E-state index >= 15 is 0 Å². The molecule has 0 aromatic heterocycles. The number of thioether (sulfide) groups is 1. The van der Waals surface area contributed by atoms with Gasteiger partial charge in [-0.25, -0.2) is 4.39 Å². The smallest absolute Gasteiger partial charge is 0.272 e. The number of hydrogen-bond donors (Lipinski definition) is 3. The number of carbonyl (C=O) groups excluding carboxylic acids is 3. The third-order valence-electron chi connectivity index (χ3n) is 6.01. The van der Waals surface area contributed by atoms with Gasteiger partial charge in [0, 0.05) is 27.4 Å². The minimum Gasteiger partial charge on any atom is -0.325 e. The van der Waals surface area contributed by atoms with E-state index in [-0.39, 0.29) is 22.9 Å². The summed E-state index contributed by atoms with van der Waals surface area (Å²) in [7, 11) is 0. The van der Waals surface area contributed by atoms with Crippen molar-refractivity contribution in [3.8, 4) is 0 Å². The molecule has 0 aliphatic heterocycles. The summed E-state index contributed by atoms with van der Waals surface area (Å²) in [6.45, 7) is 4.01. The summed E-state index contributed by atoms with van der Waals surface area (Å²) in [5.41, 5.74) is 3.90. The SMILES string of the molecule is Cc1ccc(NC(=O)CSc2ccc(NC(=O)/C(=C/c3ccccc3F)NC(=O)c3ccccc3)cc2)cc1C. The van der Waals surface area contributed by atoms with Gasteiger partial charge in [-0.3, -0.25) is 14.4 Å². The van der Waals surface area contributed by atoms with Crippen LogP contribution in [0.4, 0.5) is 15.8 Å². The van der Waals surface area contributed by atoms with Crippen LogP contribution in [0.25, 0.3) is 6.08 Å². The lowest BCUT2D eigenvalue weighted by atomic mass is 10.1. The summed E-state index contributed by atoms with van der Waals surface area (Å²) in [4.78, 5) is 39.1. The standard InChI is InChI=1S/C32H28FN3O3S/c1-21-12-13-26(18-22(21)2)34-30(37)20-40-27-16-14-25(15-17-27)35-32(39)29(19-24-10-6-7-11-28(24)33)36-31(38)23-8-4-3-5-9-23/h3-19H,20H2,1-2H3,(H,34,37)(H,35,39)(H,36,38)/b29-19-. The molecular weight excluding hydrogens is 525 g/mol. The predicted octanol–water partition coefficient (Wildman–Crippen LogP) is 6.58. The number of amides is 3. The Kier molecular flexibility index (Phi) is 9.48. The van der Waals surface area contributed by atoms with E-state index < -0.39 is 17.6 Å². The fourth-order valence-corrected chi connectivity index (χ4v) is 4.39. The fraction of sp³-hybridized carbons (Fsp3) is 0.0938. The minimum atomic E-state index is -0.610. The van der Waals surface area contributed by atoms with Gasteiger partial charge in [0.15, 0.2) is 0 Å². The van der Waals surface area contributed by atoms with E-state index in [2.05, 4.69) is 16.0 Å². The molecule has 8 heteroatoms. The summed E-state index contributed by atoms with van der Waals surface area (Å²) in [5.74, 6) is -1.53. The van der Waals surface area contributed by atoms with Crippen molar-refractivity contribution in [2.24, 2.45) is 0 Å². The van der Waals surface area contributed by atoms with Crippen molar-refractivity contribution < 1.29 is 18.8 Å². The molecule has 3 amide bonds. The Hall–Kier alpha value is -4.69. The van der Waals surface area contributed by atoms with E-state index in [4.69, 9.17) is 0 Å². The third-order valence-corrected chi connectivity index (χ3v) is 7.02. The van der Waals surface area contributed by atoms with Crippen LogP contribution in [0.5, 0.6) is 0 Å². The second-order valence-electron chi connectivity index (χ2n) is 9.01. The molecule has 0 bridgehead atoms. The van der Waals surface area contributed by atoms with E-state index in [9.17, 15) is 18.8 Å². The molecule has 4 aromatic rings. The molecule has 3 N–H and O–H groups in total. The Morgan fingerprint density at radius 3 is 2.15 bits per heavy atom. The van der Waals surface area contributed by atoms with Gasteiger partial charge in [-0.05, 0) is 85.6 Å². The number of nitrogens with one attached hydrogen (secondary N) is 3. The number of carbonyl (C=O) groups is 3. The van der Waals surface area contributed by atoms with Crippen LogP contribution < -0.4 is 16.0 Å². The Bertz CT molecular complexity index is 1550. The summed E-state index contributed by atoms with van der Waals surface area (Å²) < 4.78 is 14.3. The van der Waals surface area contributed by atoms with Crippen molar-refractivity contribution in [3.05, 3.63) is 131 Å². The monoisotopic (exact) mass is 553 g/mol. The quantitative estimate of drug-likeness (QED) is 0.161. The zero-order valence-electron chi connectivity index (χ0n) is 22.0. The number of aryl methyl sites for hydroxylation is 2. The molecule has 0 spiro atoms. The second kappa shape index (κ2) is 13.4. The largest absolute Gasteiger partial charge is 0.325 e. The Morgan fingerprint density at radius 2 is 1.45 bits per heavy atom. The van der Waals surface area contributed by atoms with Gasteiger partial charge in [0.2, 0.25) is 5.91 Å². The zero-order valence-corrected chi connectivity index (χ0v) is 22.8. The first-order valence-electron chi connectivity index (χ1n) is 12.5. The minimum absolute atomic E-state index is 0.111. The van der Waals surface area contributed by atoms with Gasteiger partial charge in [-0.1, -0.05) is 42.5 Å². The van der Waals surface area contributed by atoms with Crippen molar-refractivity contribution in [2.75, 3.05) is 16.4 Å². The fourth-order valence-electron chi connectivity index (χ4n) is 3.69. The molecule has 4 rings (SSSR count). The first-order chi connectivity index (χ1) is 19.3. The van der Waals surface area contributed by atoms with Crippen LogP contribution in [0.2, 0.25) is 0 Å². The first kappa shape index (κ1) is 28.3. The Balaban J connectivity index is 1.40. The topological polar surface area (TPSA) is 87.3 Å². The summed E-state index contributed by atoms with van der Waals surface area (Å²) >= 11 is 1.36. The van der Waals surface area contributed by atoms with E-state index in [1.165, 1.54) is 30.0 Å². The van der Waals surface area contributed by atoms with Crippen LogP contribution in [0.1, 0.15) is 27.0 Å². The van der Waals surface area contributed by atoms with Crippen LogP contribution in [0.3, 0.4) is 0 Å². The van der Waals surface area contributed by atoms with Crippen molar-refractivity contribution in [3.63, 3.8) is 0 Å². The van der Waals surface area contributed by atoms with E-state index in [0.29, 0.717) is 11.3 Å². The third kappa shape index (κ3) is 7.91. The maximum atomic E-state index is 14.3. The highest BCUT2D eigenvalue weighted by Crippen LogP contribution is 2.22. The van der Waals surface area contributed by atoms with E-state index in [0.717, 1.165) is 21.7 Å². The van der Waals surface area contributed by atoms with Crippen molar-refractivity contribution in [1.29, 1.82) is 0 Å². The molecule has 4 aromatic carbocycles. The number of halogens is 1. The summed E-state index contributed by atoms with van der Waals surface area (Å²) in [6, 6.07) is 27.1. The molecule has 0 heterocycles. The van der Waals surface area contributed by atoms with E-state index in [1.54, 1.807) is 66.7 Å². The summed E-state index contributed by atoms with van der Waals surface area (Å²) in [6.07, 6.45) is 1.30. The number of anilines is 2. The molecule has 0 saturated carbocycles. The van der Waals surface area contributed by atoms with Crippen LogP contribution in [-0.4, -0.2) is 23.5 Å². The van der Waals surface area contributed by atoms with Crippen molar-refractivity contribution in [2.45, 2.75) is 18.7 Å². The van der Waals surface area contributed by atoms with Crippen LogP contribution in [-0.2, 0) is 9.59 Å². The van der Waals surface area contributed by atoms with E-state index in [1.807, 2.05) is 32.0 Å². The average molecular weight is 554 g/mol. The lowest BCUT2D eigenvalue weighted by molar-refractivity contribution is -0.114. The molecule has 0 radical (unpaired) electrons. The Morgan fingerprint density at radius 1 is 0.775 bits per heavy atom. The molecule has 0 saturated heterocycles. The van der Waals surface area contributed by atoms with Gasteiger partial charge in [0.1, 0.15) is 11.5 Å². The highest BCUT2D eigenvalue weighted by Gasteiger charge is 2.16. The molecule has 0 unspecified atom stereocenters. The molecule has 40 heavy (non-hydrogen) atoms. The zero-order chi connectivity index (χ0) is 28.5. The Labute approximate surface area is 236 Å². The van der Waals surface area contributed by atoms with Gasteiger partial charge in [-0.15, -0.1) is 11.8 Å². The van der Waals surface area contributed by atoms with Crippen molar-refractivity contribution in [1.82, 2.24) is 5.32 Å². The molecule has 202 valence electrons. The second-order valence-corrected chi connectivity index (χ2v) is 10.1. The number of hydrogen-bond acceptors (Lipinski definition) is 4. The van der Waals surface area contributed by atoms with Gasteiger partial charge in [0.25, 0.3) is 11.8 Å². The van der Waals surface area contributed by atoms with Gasteiger partial charge in [-0.2, -0.15) is 0 Å². The molecule has 0 aliphatic carbocycles. The lowest BCUT2D eigenvalue weighted by Gasteiger charge is -2.12. The number of benzene rings is 4. The van der Waals surface area contributed by atoms with Crippen LogP contribution in [0.15, 0.2) is 108 Å². The maximum absolute atomic E-state index is 14.3. The lowest BCUT2D eigenvalue weighted by Crippen LogP contribution is -2.30. The molecular formula is C32H28FN3O3S. The van der Waals surface area contributed by atoms with Gasteiger partial charge >= 0.3 is 0 Å². The number of rotatable bonds is 9. The average Bonchev–Trinajstić information content (AvgIpc) is 2.96. The maximum Gasteiger partial charge on any atom is 0.272 e. The molecule has 0 fully saturated rings. The van der Waals surface area contributed by atoms with Crippen LogP contribution >= 0.6 is 11.8 Å². The highest BCUT2D eigenvalue weighted by molar-refractivity contribution is 8.00. The predicted molar refractivity (Wildman–Crippen MR) is 159 cm³/mol. The normalized spacial score (nSPS) is 11.0. The van der Waals surface area contributed by atoms with Crippen LogP contribution in [0, 0.1) is 19.7 Å². The van der Waals surface area contributed by atoms with Gasteiger partial charge < -0.3 is 16.0 Å². The highest BCUT2D eigenvalue weighted by atomic mass is 32.2.